The van der Waals surface area contributed by atoms with Gasteiger partial charge in [-0.25, -0.2) is 13.1 Å². The molecular formula is C14H20N2O2S. The molecule has 3 rings (SSSR count). The molecule has 1 unspecified atom stereocenters. The average Bonchev–Trinajstić information content (AvgIpc) is 2.90. The number of benzene rings is 1. The minimum Gasteiger partial charge on any atom is -0.315 e. The summed E-state index contributed by atoms with van der Waals surface area (Å²) in [6.45, 7) is 1.61. The molecule has 4 nitrogen and oxygen atoms in total. The largest absolute Gasteiger partial charge is 0.315 e. The first-order valence-electron chi connectivity index (χ1n) is 7.00. The van der Waals surface area contributed by atoms with Gasteiger partial charge in [-0.15, -0.1) is 0 Å². The molecule has 1 aliphatic heterocycles. The highest BCUT2D eigenvalue weighted by molar-refractivity contribution is 7.89. The fourth-order valence-corrected chi connectivity index (χ4v) is 4.24. The Balaban J connectivity index is 1.84. The van der Waals surface area contributed by atoms with Gasteiger partial charge in [-0.1, -0.05) is 6.07 Å². The summed E-state index contributed by atoms with van der Waals surface area (Å²) in [5, 5.41) is 3.17. The van der Waals surface area contributed by atoms with Crippen molar-refractivity contribution in [1.29, 1.82) is 0 Å². The summed E-state index contributed by atoms with van der Waals surface area (Å²) in [6, 6.07) is 5.62. The van der Waals surface area contributed by atoms with Crippen LogP contribution >= 0.6 is 0 Å². The van der Waals surface area contributed by atoms with Crippen LogP contribution in [0.1, 0.15) is 30.4 Å². The first-order valence-corrected chi connectivity index (χ1v) is 8.48. The van der Waals surface area contributed by atoms with Crippen LogP contribution in [0.4, 0.5) is 0 Å². The van der Waals surface area contributed by atoms with E-state index in [4.69, 9.17) is 0 Å². The van der Waals surface area contributed by atoms with Crippen molar-refractivity contribution in [3.8, 4) is 0 Å². The lowest BCUT2D eigenvalue weighted by Crippen LogP contribution is -2.36. The number of hydrogen-bond acceptors (Lipinski definition) is 3. The first kappa shape index (κ1) is 13.1. The highest BCUT2D eigenvalue weighted by Crippen LogP contribution is 2.24. The third-order valence-corrected chi connectivity index (χ3v) is 5.53. The van der Waals surface area contributed by atoms with E-state index < -0.39 is 10.0 Å². The first-order chi connectivity index (χ1) is 9.15. The Bertz CT molecular complexity index is 563. The molecule has 0 spiro atoms. The normalized spacial score (nSPS) is 23.3. The summed E-state index contributed by atoms with van der Waals surface area (Å²) >= 11 is 0. The van der Waals surface area contributed by atoms with Gasteiger partial charge in [0.05, 0.1) is 4.90 Å². The molecule has 0 saturated carbocycles. The molecule has 1 heterocycles. The molecule has 0 amide bonds. The molecule has 0 aromatic heterocycles. The molecule has 5 heteroatoms. The maximum absolute atomic E-state index is 12.3. The van der Waals surface area contributed by atoms with Crippen molar-refractivity contribution < 1.29 is 8.42 Å². The highest BCUT2D eigenvalue weighted by atomic mass is 32.2. The minimum atomic E-state index is -3.37. The van der Waals surface area contributed by atoms with Crippen LogP contribution in [-0.2, 0) is 22.9 Å². The van der Waals surface area contributed by atoms with Gasteiger partial charge in [0.25, 0.3) is 0 Å². The van der Waals surface area contributed by atoms with E-state index >= 15 is 0 Å². The van der Waals surface area contributed by atoms with Crippen LogP contribution in [0.25, 0.3) is 0 Å². The molecule has 19 heavy (non-hydrogen) atoms. The lowest BCUT2D eigenvalue weighted by atomic mass is 9.92. The molecule has 1 atom stereocenters. The highest BCUT2D eigenvalue weighted by Gasteiger charge is 2.23. The second kappa shape index (κ2) is 5.23. The smallest absolute Gasteiger partial charge is 0.240 e. The predicted molar refractivity (Wildman–Crippen MR) is 74.7 cm³/mol. The van der Waals surface area contributed by atoms with Gasteiger partial charge < -0.3 is 5.32 Å². The van der Waals surface area contributed by atoms with Gasteiger partial charge in [-0.3, -0.25) is 0 Å². The molecule has 2 aliphatic rings. The van der Waals surface area contributed by atoms with Crippen LogP contribution < -0.4 is 10.0 Å². The summed E-state index contributed by atoms with van der Waals surface area (Å²) in [5.41, 5.74) is 2.52. The molecule has 1 aromatic rings. The van der Waals surface area contributed by atoms with Crippen LogP contribution in [-0.4, -0.2) is 27.5 Å². The topological polar surface area (TPSA) is 58.2 Å². The zero-order valence-corrected chi connectivity index (χ0v) is 11.8. The fraction of sp³-hybridized carbons (Fsp3) is 0.571. The van der Waals surface area contributed by atoms with Crippen LogP contribution in [0.2, 0.25) is 0 Å². The Morgan fingerprint density at radius 1 is 1.16 bits per heavy atom. The van der Waals surface area contributed by atoms with Crippen molar-refractivity contribution in [3.63, 3.8) is 0 Å². The third-order valence-electron chi connectivity index (χ3n) is 4.01. The molecule has 1 aliphatic carbocycles. The summed E-state index contributed by atoms with van der Waals surface area (Å²) in [7, 11) is -3.37. The molecule has 2 N–H and O–H groups in total. The summed E-state index contributed by atoms with van der Waals surface area (Å²) in [4.78, 5) is 0.417. The van der Waals surface area contributed by atoms with E-state index in [9.17, 15) is 8.42 Å². The van der Waals surface area contributed by atoms with Crippen LogP contribution in [0.5, 0.6) is 0 Å². The van der Waals surface area contributed by atoms with Crippen LogP contribution in [0, 0.1) is 0 Å². The van der Waals surface area contributed by atoms with Gasteiger partial charge >= 0.3 is 0 Å². The Hall–Kier alpha value is -0.910. The Kier molecular flexibility index (Phi) is 3.60. The van der Waals surface area contributed by atoms with Gasteiger partial charge in [0, 0.05) is 12.6 Å². The fourth-order valence-electron chi connectivity index (χ4n) is 2.92. The summed E-state index contributed by atoms with van der Waals surface area (Å²) in [6.07, 6.45) is 5.32. The lowest BCUT2D eigenvalue weighted by Gasteiger charge is -2.18. The summed E-state index contributed by atoms with van der Waals surface area (Å²) in [5.74, 6) is 0. The van der Waals surface area contributed by atoms with Crippen molar-refractivity contribution >= 4 is 10.0 Å². The van der Waals surface area contributed by atoms with E-state index in [1.165, 1.54) is 17.5 Å². The van der Waals surface area contributed by atoms with Crippen LogP contribution in [0.15, 0.2) is 23.1 Å². The zero-order chi connectivity index (χ0) is 13.3. The number of rotatable bonds is 3. The van der Waals surface area contributed by atoms with Gasteiger partial charge in [0.1, 0.15) is 0 Å². The van der Waals surface area contributed by atoms with Crippen LogP contribution in [0.3, 0.4) is 0 Å². The summed E-state index contributed by atoms with van der Waals surface area (Å²) < 4.78 is 27.5. The van der Waals surface area contributed by atoms with E-state index in [-0.39, 0.29) is 6.04 Å². The van der Waals surface area contributed by atoms with Crippen molar-refractivity contribution in [2.75, 3.05) is 13.1 Å². The standard InChI is InChI=1S/C14H20N2O2S/c17-19(18,16-13-7-8-15-10-13)14-6-5-11-3-1-2-4-12(11)9-14/h5-6,9,13,15-16H,1-4,7-8,10H2. The van der Waals surface area contributed by atoms with Gasteiger partial charge in [-0.05, 0) is 61.9 Å². The second-order valence-electron chi connectivity index (χ2n) is 5.45. The van der Waals surface area contributed by atoms with Crippen molar-refractivity contribution in [2.45, 2.75) is 43.0 Å². The molecule has 0 radical (unpaired) electrons. The second-order valence-corrected chi connectivity index (χ2v) is 7.16. The quantitative estimate of drug-likeness (QED) is 0.875. The SMILES string of the molecule is O=S(=O)(NC1CCNC1)c1ccc2c(c1)CCCC2. The van der Waals surface area contributed by atoms with Crippen molar-refractivity contribution in [1.82, 2.24) is 10.0 Å². The van der Waals surface area contributed by atoms with Crippen molar-refractivity contribution in [3.05, 3.63) is 29.3 Å². The van der Waals surface area contributed by atoms with E-state index in [0.29, 0.717) is 4.90 Å². The Morgan fingerprint density at radius 2 is 1.95 bits per heavy atom. The van der Waals surface area contributed by atoms with Gasteiger partial charge in [-0.2, -0.15) is 0 Å². The van der Waals surface area contributed by atoms with E-state index in [2.05, 4.69) is 10.0 Å². The molecule has 104 valence electrons. The molecule has 1 aromatic carbocycles. The van der Waals surface area contributed by atoms with E-state index in [1.54, 1.807) is 6.07 Å². The lowest BCUT2D eigenvalue weighted by molar-refractivity contribution is 0.559. The molecular weight excluding hydrogens is 260 g/mol. The maximum Gasteiger partial charge on any atom is 0.240 e. The predicted octanol–water partition coefficient (Wildman–Crippen LogP) is 1.21. The molecule has 0 bridgehead atoms. The number of nitrogens with one attached hydrogen (secondary N) is 2. The van der Waals surface area contributed by atoms with Crippen molar-refractivity contribution in [2.24, 2.45) is 0 Å². The molecule has 1 fully saturated rings. The number of aryl methyl sites for hydroxylation is 2. The minimum absolute atomic E-state index is 0.0287. The maximum atomic E-state index is 12.3. The third kappa shape index (κ3) is 2.83. The van der Waals surface area contributed by atoms with Gasteiger partial charge in [0.15, 0.2) is 0 Å². The zero-order valence-electron chi connectivity index (χ0n) is 11.0. The van der Waals surface area contributed by atoms with E-state index in [1.807, 2.05) is 12.1 Å². The number of sulfonamides is 1. The molecule has 1 saturated heterocycles. The number of hydrogen-bond donors (Lipinski definition) is 2. The van der Waals surface area contributed by atoms with E-state index in [0.717, 1.165) is 38.8 Å². The Morgan fingerprint density at radius 3 is 2.68 bits per heavy atom. The number of fused-ring (bicyclic) bond motifs is 1. The Labute approximate surface area is 114 Å². The monoisotopic (exact) mass is 280 g/mol. The van der Waals surface area contributed by atoms with Gasteiger partial charge in [0.2, 0.25) is 10.0 Å². The average molecular weight is 280 g/mol.